The van der Waals surface area contributed by atoms with Crippen molar-refractivity contribution < 1.29 is 4.39 Å². The van der Waals surface area contributed by atoms with Crippen LogP contribution in [0, 0.1) is 5.82 Å². The summed E-state index contributed by atoms with van der Waals surface area (Å²) in [5, 5.41) is 11.7. The lowest BCUT2D eigenvalue weighted by Gasteiger charge is -2.11. The van der Waals surface area contributed by atoms with Crippen LogP contribution in [-0.2, 0) is 13.0 Å². The Hall–Kier alpha value is -2.10. The second-order valence-corrected chi connectivity index (χ2v) is 5.80. The van der Waals surface area contributed by atoms with Gasteiger partial charge >= 0.3 is 0 Å². The summed E-state index contributed by atoms with van der Waals surface area (Å²) in [5.74, 6) is 0.558. The van der Waals surface area contributed by atoms with Gasteiger partial charge in [0.1, 0.15) is 5.82 Å². The number of benzene rings is 1. The van der Waals surface area contributed by atoms with Crippen molar-refractivity contribution in [2.45, 2.75) is 19.4 Å². The van der Waals surface area contributed by atoms with Crippen molar-refractivity contribution in [1.82, 2.24) is 25.4 Å². The Balaban J connectivity index is 0.00000243. The largest absolute Gasteiger partial charge is 0.361 e. The molecular weight excluding hydrogens is 446 g/mol. The molecule has 0 bridgehead atoms. The van der Waals surface area contributed by atoms with E-state index in [1.165, 1.54) is 6.07 Å². The quantitative estimate of drug-likeness (QED) is 0.215. The summed E-state index contributed by atoms with van der Waals surface area (Å²) in [6, 6.07) is 6.73. The van der Waals surface area contributed by atoms with Gasteiger partial charge in [0.25, 0.3) is 0 Å². The average Bonchev–Trinajstić information content (AvgIpc) is 3.27. The summed E-state index contributed by atoms with van der Waals surface area (Å²) in [6.45, 7) is 2.41. The van der Waals surface area contributed by atoms with Gasteiger partial charge in [-0.25, -0.2) is 4.39 Å². The number of hydrogen-bond donors (Lipinski definition) is 3. The standard InChI is InChI=1S/C18H23FN6.HI/c1-20-18(21-7-2-10-25-11-3-8-24-25)22-9-6-14-13-23-17-5-4-15(19)12-16(14)17;/h3-5,8,11-13,23H,2,6-7,9-10H2,1H3,(H2,20,21,22);1H. The lowest BCUT2D eigenvalue weighted by Crippen LogP contribution is -2.39. The summed E-state index contributed by atoms with van der Waals surface area (Å²) < 4.78 is 15.3. The molecular formula is C18H24FIN6. The van der Waals surface area contributed by atoms with Gasteiger partial charge < -0.3 is 15.6 Å². The second-order valence-electron chi connectivity index (χ2n) is 5.80. The van der Waals surface area contributed by atoms with Crippen molar-refractivity contribution in [1.29, 1.82) is 0 Å². The Morgan fingerprint density at radius 1 is 1.31 bits per heavy atom. The monoisotopic (exact) mass is 470 g/mol. The number of aliphatic imine (C=N–C) groups is 1. The third-order valence-electron chi connectivity index (χ3n) is 4.06. The lowest BCUT2D eigenvalue weighted by atomic mass is 10.1. The van der Waals surface area contributed by atoms with Crippen molar-refractivity contribution in [2.75, 3.05) is 20.1 Å². The summed E-state index contributed by atoms with van der Waals surface area (Å²) in [6.07, 6.45) is 7.43. The van der Waals surface area contributed by atoms with Gasteiger partial charge in [0.05, 0.1) is 0 Å². The van der Waals surface area contributed by atoms with E-state index < -0.39 is 0 Å². The van der Waals surface area contributed by atoms with Crippen LogP contribution in [0.15, 0.2) is 47.8 Å². The highest BCUT2D eigenvalue weighted by molar-refractivity contribution is 14.0. The highest BCUT2D eigenvalue weighted by Crippen LogP contribution is 2.19. The van der Waals surface area contributed by atoms with E-state index in [4.69, 9.17) is 0 Å². The molecule has 8 heteroatoms. The molecule has 0 saturated carbocycles. The second kappa shape index (κ2) is 10.1. The molecule has 0 radical (unpaired) electrons. The molecule has 3 rings (SSSR count). The summed E-state index contributed by atoms with van der Waals surface area (Å²) in [4.78, 5) is 7.40. The van der Waals surface area contributed by atoms with Crippen molar-refractivity contribution in [2.24, 2.45) is 4.99 Å². The topological polar surface area (TPSA) is 70.0 Å². The number of aryl methyl sites for hydroxylation is 1. The maximum Gasteiger partial charge on any atom is 0.190 e. The molecule has 3 N–H and O–H groups in total. The molecule has 0 atom stereocenters. The Kier molecular flexibility index (Phi) is 7.89. The van der Waals surface area contributed by atoms with E-state index in [2.05, 4.69) is 25.7 Å². The van der Waals surface area contributed by atoms with Gasteiger partial charge in [-0.15, -0.1) is 24.0 Å². The van der Waals surface area contributed by atoms with Crippen LogP contribution in [0.2, 0.25) is 0 Å². The third kappa shape index (κ3) is 5.45. The van der Waals surface area contributed by atoms with Gasteiger partial charge in [-0.05, 0) is 42.7 Å². The number of H-pyrrole nitrogens is 1. The SMILES string of the molecule is CN=C(NCCCn1cccn1)NCCc1c[nH]c2ccc(F)cc12.I. The fourth-order valence-corrected chi connectivity index (χ4v) is 2.77. The first-order valence-corrected chi connectivity index (χ1v) is 8.44. The molecule has 0 spiro atoms. The molecule has 0 aliphatic heterocycles. The number of aromatic nitrogens is 3. The molecule has 140 valence electrons. The maximum absolute atomic E-state index is 13.4. The van der Waals surface area contributed by atoms with E-state index in [9.17, 15) is 4.39 Å². The van der Waals surface area contributed by atoms with Gasteiger partial charge in [-0.2, -0.15) is 5.10 Å². The highest BCUT2D eigenvalue weighted by Gasteiger charge is 2.05. The van der Waals surface area contributed by atoms with Crippen LogP contribution in [-0.4, -0.2) is 40.9 Å². The Morgan fingerprint density at radius 3 is 2.92 bits per heavy atom. The number of fused-ring (bicyclic) bond motifs is 1. The molecule has 0 aliphatic carbocycles. The third-order valence-corrected chi connectivity index (χ3v) is 4.06. The summed E-state index contributed by atoms with van der Waals surface area (Å²) in [7, 11) is 1.75. The number of nitrogens with zero attached hydrogens (tertiary/aromatic N) is 3. The first-order valence-electron chi connectivity index (χ1n) is 8.44. The Labute approximate surface area is 169 Å². The molecule has 3 aromatic rings. The number of hydrogen-bond acceptors (Lipinski definition) is 2. The number of nitrogens with one attached hydrogen (secondary N) is 3. The van der Waals surface area contributed by atoms with Gasteiger partial charge in [-0.3, -0.25) is 9.67 Å². The van der Waals surface area contributed by atoms with Gasteiger partial charge in [-0.1, -0.05) is 0 Å². The van der Waals surface area contributed by atoms with Crippen molar-refractivity contribution in [3.8, 4) is 0 Å². The molecule has 2 heterocycles. The normalized spacial score (nSPS) is 11.4. The van der Waals surface area contributed by atoms with Crippen LogP contribution >= 0.6 is 24.0 Å². The number of guanidine groups is 1. The maximum atomic E-state index is 13.4. The first kappa shape index (κ1) is 20.2. The number of rotatable bonds is 7. The fraction of sp³-hybridized carbons (Fsp3) is 0.333. The smallest absolute Gasteiger partial charge is 0.190 e. The Bertz CT molecular complexity index is 827. The average molecular weight is 470 g/mol. The molecule has 26 heavy (non-hydrogen) atoms. The molecule has 2 aromatic heterocycles. The zero-order valence-corrected chi connectivity index (χ0v) is 17.0. The predicted molar refractivity (Wildman–Crippen MR) is 114 cm³/mol. The van der Waals surface area contributed by atoms with E-state index in [0.29, 0.717) is 0 Å². The van der Waals surface area contributed by atoms with Crippen LogP contribution in [0.25, 0.3) is 10.9 Å². The van der Waals surface area contributed by atoms with Crippen LogP contribution in [0.1, 0.15) is 12.0 Å². The lowest BCUT2D eigenvalue weighted by molar-refractivity contribution is 0.570. The van der Waals surface area contributed by atoms with Gasteiger partial charge in [0, 0.05) is 56.2 Å². The molecule has 0 unspecified atom stereocenters. The zero-order valence-electron chi connectivity index (χ0n) is 14.7. The molecule has 0 amide bonds. The van der Waals surface area contributed by atoms with E-state index in [0.717, 1.165) is 54.9 Å². The van der Waals surface area contributed by atoms with E-state index in [1.807, 2.05) is 23.1 Å². The van der Waals surface area contributed by atoms with Crippen molar-refractivity contribution >= 4 is 40.8 Å². The fourth-order valence-electron chi connectivity index (χ4n) is 2.77. The summed E-state index contributed by atoms with van der Waals surface area (Å²) in [5.41, 5.74) is 2.05. The van der Waals surface area contributed by atoms with Crippen LogP contribution in [0.4, 0.5) is 4.39 Å². The van der Waals surface area contributed by atoms with Crippen molar-refractivity contribution in [3.63, 3.8) is 0 Å². The van der Waals surface area contributed by atoms with Crippen LogP contribution < -0.4 is 10.6 Å². The molecule has 0 aliphatic rings. The number of halogens is 2. The van der Waals surface area contributed by atoms with Crippen LogP contribution in [0.5, 0.6) is 0 Å². The minimum atomic E-state index is -0.212. The number of aromatic amines is 1. The van der Waals surface area contributed by atoms with E-state index in [1.54, 1.807) is 25.4 Å². The summed E-state index contributed by atoms with van der Waals surface area (Å²) >= 11 is 0. The van der Waals surface area contributed by atoms with Gasteiger partial charge in [0.2, 0.25) is 0 Å². The molecule has 1 aromatic carbocycles. The van der Waals surface area contributed by atoms with Gasteiger partial charge in [0.15, 0.2) is 5.96 Å². The minimum absolute atomic E-state index is 0. The molecule has 0 saturated heterocycles. The van der Waals surface area contributed by atoms with E-state index in [-0.39, 0.29) is 29.8 Å². The molecule has 0 fully saturated rings. The Morgan fingerprint density at radius 2 is 2.15 bits per heavy atom. The van der Waals surface area contributed by atoms with Crippen LogP contribution in [0.3, 0.4) is 0 Å². The molecule has 6 nitrogen and oxygen atoms in total. The van der Waals surface area contributed by atoms with E-state index >= 15 is 0 Å². The first-order chi connectivity index (χ1) is 12.3. The predicted octanol–water partition coefficient (Wildman–Crippen LogP) is 2.92. The van der Waals surface area contributed by atoms with Crippen molar-refractivity contribution in [3.05, 3.63) is 54.2 Å². The highest BCUT2D eigenvalue weighted by atomic mass is 127. The minimum Gasteiger partial charge on any atom is -0.361 e. The zero-order chi connectivity index (χ0) is 17.5.